The van der Waals surface area contributed by atoms with Gasteiger partial charge in [0.25, 0.3) is 5.22 Å². The lowest BCUT2D eigenvalue weighted by molar-refractivity contribution is -0.119. The van der Waals surface area contributed by atoms with Crippen molar-refractivity contribution in [2.24, 2.45) is 0 Å². The van der Waals surface area contributed by atoms with E-state index in [1.54, 1.807) is 0 Å². The number of nitrogens with one attached hydrogen (secondary N) is 2. The Morgan fingerprint density at radius 3 is 3.07 bits per heavy atom. The van der Waals surface area contributed by atoms with E-state index < -0.39 is 0 Å². The summed E-state index contributed by atoms with van der Waals surface area (Å²) in [6.45, 7) is 5.49. The molecule has 1 aliphatic heterocycles. The number of aromatic nitrogens is 3. The molecule has 0 aliphatic carbocycles. The number of rotatable bonds is 6. The number of aryl methyl sites for hydroxylation is 2. The van der Waals surface area contributed by atoms with Gasteiger partial charge in [0.15, 0.2) is 0 Å². The summed E-state index contributed by atoms with van der Waals surface area (Å²) in [5, 5.41) is 12.6. The van der Waals surface area contributed by atoms with Gasteiger partial charge in [-0.1, -0.05) is 11.8 Å². The minimum absolute atomic E-state index is 0.0601. The molecule has 27 heavy (non-hydrogen) atoms. The monoisotopic (exact) mass is 386 g/mol. The fraction of sp³-hybridized carbons (Fsp3) is 0.421. The molecule has 1 amide bonds. The van der Waals surface area contributed by atoms with Gasteiger partial charge in [-0.2, -0.15) is 0 Å². The third kappa shape index (κ3) is 4.01. The highest BCUT2D eigenvalue weighted by atomic mass is 32.2. The first kappa shape index (κ1) is 18.1. The van der Waals surface area contributed by atoms with Crippen LogP contribution < -0.4 is 5.32 Å². The molecule has 1 saturated heterocycles. The van der Waals surface area contributed by atoms with E-state index in [1.807, 2.05) is 18.2 Å². The summed E-state index contributed by atoms with van der Waals surface area (Å²) < 4.78 is 11.2. The Morgan fingerprint density at radius 2 is 2.26 bits per heavy atom. The van der Waals surface area contributed by atoms with Crippen LogP contribution in [-0.2, 0) is 9.53 Å². The molecule has 1 aliphatic rings. The predicted octanol–water partition coefficient (Wildman–Crippen LogP) is 3.22. The molecule has 3 heterocycles. The fourth-order valence-electron chi connectivity index (χ4n) is 3.19. The first-order valence-electron chi connectivity index (χ1n) is 9.04. The largest absolute Gasteiger partial charge is 0.411 e. The number of hydrogen-bond donors (Lipinski definition) is 2. The molecule has 3 aromatic rings. The van der Waals surface area contributed by atoms with Crippen molar-refractivity contribution in [2.75, 3.05) is 18.9 Å². The average molecular weight is 386 g/mol. The Morgan fingerprint density at radius 1 is 1.37 bits per heavy atom. The lowest BCUT2D eigenvalue weighted by atomic mass is 10.1. The van der Waals surface area contributed by atoms with Gasteiger partial charge in [0.2, 0.25) is 11.8 Å². The number of carbonyl (C=O) groups excluding carboxylic acids is 1. The second kappa shape index (κ2) is 7.74. The second-order valence-electron chi connectivity index (χ2n) is 6.74. The molecule has 4 rings (SSSR count). The zero-order valence-electron chi connectivity index (χ0n) is 15.4. The number of nitrogens with zero attached hydrogens (tertiary/aromatic N) is 2. The minimum atomic E-state index is -0.0601. The van der Waals surface area contributed by atoms with Crippen LogP contribution >= 0.6 is 11.8 Å². The third-order valence-corrected chi connectivity index (χ3v) is 5.66. The SMILES string of the molecule is Cc1[nH]c2ccc(-c3nnc(SCC(=O)NCC4CCCO4)o3)cc2c1C. The summed E-state index contributed by atoms with van der Waals surface area (Å²) in [5.74, 6) is 0.635. The van der Waals surface area contributed by atoms with Gasteiger partial charge in [-0.05, 0) is 50.5 Å². The molecule has 0 bridgehead atoms. The van der Waals surface area contributed by atoms with Crippen LogP contribution in [0.4, 0.5) is 0 Å². The molecule has 1 fully saturated rings. The predicted molar refractivity (Wildman–Crippen MR) is 104 cm³/mol. The molecule has 1 aromatic carbocycles. The number of hydrogen-bond acceptors (Lipinski definition) is 6. The normalized spacial score (nSPS) is 16.9. The first-order valence-corrected chi connectivity index (χ1v) is 10.0. The highest BCUT2D eigenvalue weighted by Gasteiger charge is 2.17. The Labute approximate surface area is 161 Å². The van der Waals surface area contributed by atoms with Crippen molar-refractivity contribution < 1.29 is 13.9 Å². The van der Waals surface area contributed by atoms with E-state index in [2.05, 4.69) is 34.3 Å². The topological polar surface area (TPSA) is 93.0 Å². The highest BCUT2D eigenvalue weighted by Crippen LogP contribution is 2.28. The van der Waals surface area contributed by atoms with Crippen LogP contribution in [0.15, 0.2) is 27.8 Å². The smallest absolute Gasteiger partial charge is 0.277 e. The molecule has 0 saturated carbocycles. The zero-order valence-corrected chi connectivity index (χ0v) is 16.2. The number of H-pyrrole nitrogens is 1. The molecule has 2 N–H and O–H groups in total. The van der Waals surface area contributed by atoms with Crippen molar-refractivity contribution in [1.82, 2.24) is 20.5 Å². The van der Waals surface area contributed by atoms with Crippen LogP contribution in [0.2, 0.25) is 0 Å². The molecule has 2 aromatic heterocycles. The number of carbonyl (C=O) groups is 1. The number of benzene rings is 1. The van der Waals surface area contributed by atoms with Gasteiger partial charge in [0.05, 0.1) is 11.9 Å². The standard InChI is InChI=1S/C19H22N4O3S/c1-11-12(2)21-16-6-5-13(8-15(11)16)18-22-23-19(26-18)27-10-17(24)20-9-14-4-3-7-25-14/h5-6,8,14,21H,3-4,7,9-10H2,1-2H3,(H,20,24). The molecule has 0 spiro atoms. The summed E-state index contributed by atoms with van der Waals surface area (Å²) in [6, 6.07) is 6.01. The van der Waals surface area contributed by atoms with Gasteiger partial charge in [-0.3, -0.25) is 4.79 Å². The quantitative estimate of drug-likeness (QED) is 0.632. The Hall–Kier alpha value is -2.32. The van der Waals surface area contributed by atoms with E-state index in [0.717, 1.165) is 41.6 Å². The Bertz CT molecular complexity index is 959. The van der Waals surface area contributed by atoms with Crippen LogP contribution in [0.5, 0.6) is 0 Å². The maximum Gasteiger partial charge on any atom is 0.277 e. The highest BCUT2D eigenvalue weighted by molar-refractivity contribution is 7.99. The van der Waals surface area contributed by atoms with E-state index in [-0.39, 0.29) is 17.8 Å². The van der Waals surface area contributed by atoms with E-state index in [4.69, 9.17) is 9.15 Å². The van der Waals surface area contributed by atoms with Crippen LogP contribution in [0.25, 0.3) is 22.4 Å². The van der Waals surface area contributed by atoms with Crippen molar-refractivity contribution >= 4 is 28.6 Å². The van der Waals surface area contributed by atoms with Crippen molar-refractivity contribution in [3.05, 3.63) is 29.5 Å². The summed E-state index contributed by atoms with van der Waals surface area (Å²) in [4.78, 5) is 15.3. The van der Waals surface area contributed by atoms with Gasteiger partial charge >= 0.3 is 0 Å². The third-order valence-electron chi connectivity index (χ3n) is 4.84. The number of aromatic amines is 1. The van der Waals surface area contributed by atoms with E-state index in [0.29, 0.717) is 17.7 Å². The number of amides is 1. The maximum absolute atomic E-state index is 12.0. The van der Waals surface area contributed by atoms with Crippen LogP contribution in [0.1, 0.15) is 24.1 Å². The Balaban J connectivity index is 1.36. The number of thioether (sulfide) groups is 1. The molecule has 7 nitrogen and oxygen atoms in total. The van der Waals surface area contributed by atoms with E-state index in [9.17, 15) is 4.79 Å². The van der Waals surface area contributed by atoms with E-state index >= 15 is 0 Å². The molecular formula is C19H22N4O3S. The summed E-state index contributed by atoms with van der Waals surface area (Å²) >= 11 is 1.24. The molecular weight excluding hydrogens is 364 g/mol. The molecule has 1 atom stereocenters. The van der Waals surface area contributed by atoms with Crippen molar-refractivity contribution in [3.63, 3.8) is 0 Å². The van der Waals surface area contributed by atoms with Gasteiger partial charge in [0, 0.05) is 35.3 Å². The van der Waals surface area contributed by atoms with Gasteiger partial charge in [0.1, 0.15) is 0 Å². The lowest BCUT2D eigenvalue weighted by Gasteiger charge is -2.09. The van der Waals surface area contributed by atoms with Crippen LogP contribution in [-0.4, -0.2) is 46.1 Å². The average Bonchev–Trinajstić information content (AvgIpc) is 3.40. The fourth-order valence-corrected chi connectivity index (χ4v) is 3.78. The summed E-state index contributed by atoms with van der Waals surface area (Å²) in [5.41, 5.74) is 4.32. The number of ether oxygens (including phenoxy) is 1. The summed E-state index contributed by atoms with van der Waals surface area (Å²) in [6.07, 6.45) is 2.21. The maximum atomic E-state index is 12.0. The van der Waals surface area contributed by atoms with E-state index in [1.165, 1.54) is 17.3 Å². The van der Waals surface area contributed by atoms with Gasteiger partial charge < -0.3 is 19.5 Å². The first-order chi connectivity index (χ1) is 13.1. The molecule has 8 heteroatoms. The van der Waals surface area contributed by atoms with Gasteiger partial charge in [-0.25, -0.2) is 0 Å². The number of fused-ring (bicyclic) bond motifs is 1. The molecule has 1 unspecified atom stereocenters. The Kier molecular flexibility index (Phi) is 5.18. The second-order valence-corrected chi connectivity index (χ2v) is 7.66. The zero-order chi connectivity index (χ0) is 18.8. The van der Waals surface area contributed by atoms with Crippen molar-refractivity contribution in [3.8, 4) is 11.5 Å². The lowest BCUT2D eigenvalue weighted by Crippen LogP contribution is -2.32. The van der Waals surface area contributed by atoms with Crippen LogP contribution in [0, 0.1) is 13.8 Å². The van der Waals surface area contributed by atoms with Crippen LogP contribution in [0.3, 0.4) is 0 Å². The van der Waals surface area contributed by atoms with Crippen molar-refractivity contribution in [1.29, 1.82) is 0 Å². The molecule has 0 radical (unpaired) electrons. The van der Waals surface area contributed by atoms with Crippen molar-refractivity contribution in [2.45, 2.75) is 38.0 Å². The summed E-state index contributed by atoms with van der Waals surface area (Å²) in [7, 11) is 0. The minimum Gasteiger partial charge on any atom is -0.411 e. The molecule has 142 valence electrons. The van der Waals surface area contributed by atoms with Gasteiger partial charge in [-0.15, -0.1) is 10.2 Å².